The molecule has 0 aliphatic carbocycles. The number of carbonyl (C=O) groups is 1. The fourth-order valence-corrected chi connectivity index (χ4v) is 1.41. The van der Waals surface area contributed by atoms with Gasteiger partial charge in [-0.3, -0.25) is 4.79 Å². The number of carbonyl (C=O) groups excluding carboxylic acids is 1. The third-order valence-electron chi connectivity index (χ3n) is 2.74. The van der Waals surface area contributed by atoms with E-state index in [2.05, 4.69) is 6.58 Å². The van der Waals surface area contributed by atoms with Crippen LogP contribution >= 0.6 is 0 Å². The second-order valence-electron chi connectivity index (χ2n) is 4.48. The van der Waals surface area contributed by atoms with Crippen molar-refractivity contribution in [3.8, 4) is 0 Å². The Hall–Kier alpha value is -1.41. The summed E-state index contributed by atoms with van der Waals surface area (Å²) in [7, 11) is 0. The molecule has 0 saturated heterocycles. The van der Waals surface area contributed by atoms with Crippen molar-refractivity contribution >= 4 is 5.78 Å². The van der Waals surface area contributed by atoms with E-state index in [1.807, 2.05) is 39.0 Å². The second-order valence-corrected chi connectivity index (χ2v) is 4.48. The number of hydrogen-bond acceptors (Lipinski definition) is 2. The van der Waals surface area contributed by atoms with Gasteiger partial charge in [0.1, 0.15) is 6.61 Å². The normalized spacial score (nSPS) is 10.3. The number of hydrogen-bond donors (Lipinski definition) is 0. The molecule has 0 aliphatic rings. The van der Waals surface area contributed by atoms with E-state index in [0.717, 1.165) is 23.1 Å². The first-order chi connectivity index (χ1) is 8.00. The maximum atomic E-state index is 11.8. The number of ether oxygens (including phenoxy) is 1. The molecule has 92 valence electrons. The number of benzene rings is 1. The minimum atomic E-state index is 0.0369. The van der Waals surface area contributed by atoms with Gasteiger partial charge >= 0.3 is 0 Å². The van der Waals surface area contributed by atoms with Crippen LogP contribution in [-0.2, 0) is 4.74 Å². The topological polar surface area (TPSA) is 26.3 Å². The predicted octanol–water partition coefficient (Wildman–Crippen LogP) is 3.47. The molecule has 0 bridgehead atoms. The third-order valence-corrected chi connectivity index (χ3v) is 2.74. The van der Waals surface area contributed by atoms with Crippen LogP contribution in [0.5, 0.6) is 0 Å². The lowest BCUT2D eigenvalue weighted by atomic mass is 10.0. The SMILES string of the molecule is C=C(C)CCOCC(=O)c1ccc(C)c(C)c1. The van der Waals surface area contributed by atoms with Crippen molar-refractivity contribution in [2.24, 2.45) is 0 Å². The molecule has 1 rings (SSSR count). The Kier molecular flexibility index (Phi) is 5.11. The molecule has 0 saturated carbocycles. The van der Waals surface area contributed by atoms with Gasteiger partial charge in [0.2, 0.25) is 0 Å². The van der Waals surface area contributed by atoms with Crippen LogP contribution in [0.4, 0.5) is 0 Å². The Bertz CT molecular complexity index is 419. The number of aryl methyl sites for hydroxylation is 2. The molecular weight excluding hydrogens is 212 g/mol. The van der Waals surface area contributed by atoms with Crippen LogP contribution in [0.1, 0.15) is 34.8 Å². The average Bonchev–Trinajstić information content (AvgIpc) is 2.27. The van der Waals surface area contributed by atoms with Crippen LogP contribution < -0.4 is 0 Å². The molecule has 1 aromatic carbocycles. The van der Waals surface area contributed by atoms with Crippen LogP contribution in [-0.4, -0.2) is 19.0 Å². The van der Waals surface area contributed by atoms with Gasteiger partial charge in [0.15, 0.2) is 5.78 Å². The van der Waals surface area contributed by atoms with Gasteiger partial charge in [-0.15, -0.1) is 6.58 Å². The minimum Gasteiger partial charge on any atom is -0.373 e. The molecule has 2 heteroatoms. The summed E-state index contributed by atoms with van der Waals surface area (Å²) < 4.78 is 5.32. The highest BCUT2D eigenvalue weighted by molar-refractivity contribution is 5.97. The molecule has 1 aromatic rings. The Morgan fingerprint density at radius 1 is 1.29 bits per heavy atom. The maximum absolute atomic E-state index is 11.8. The van der Waals surface area contributed by atoms with E-state index in [0.29, 0.717) is 6.61 Å². The first-order valence-electron chi connectivity index (χ1n) is 5.83. The van der Waals surface area contributed by atoms with E-state index < -0.39 is 0 Å². The van der Waals surface area contributed by atoms with Gasteiger partial charge in [0, 0.05) is 5.56 Å². The molecule has 0 atom stereocenters. The van der Waals surface area contributed by atoms with Crippen molar-refractivity contribution in [2.45, 2.75) is 27.2 Å². The van der Waals surface area contributed by atoms with Gasteiger partial charge in [-0.05, 0) is 44.4 Å². The summed E-state index contributed by atoms with van der Waals surface area (Å²) in [5, 5.41) is 0. The third kappa shape index (κ3) is 4.53. The molecule has 0 fully saturated rings. The molecule has 0 unspecified atom stereocenters. The first kappa shape index (κ1) is 13.7. The highest BCUT2D eigenvalue weighted by Crippen LogP contribution is 2.10. The molecule has 0 radical (unpaired) electrons. The molecule has 0 amide bonds. The Morgan fingerprint density at radius 2 is 2.00 bits per heavy atom. The average molecular weight is 232 g/mol. The summed E-state index contributed by atoms with van der Waals surface area (Å²) in [4.78, 5) is 11.8. The molecule has 17 heavy (non-hydrogen) atoms. The second kappa shape index (κ2) is 6.36. The number of rotatable bonds is 6. The summed E-state index contributed by atoms with van der Waals surface area (Å²) in [6.07, 6.45) is 0.806. The molecule has 0 aromatic heterocycles. The monoisotopic (exact) mass is 232 g/mol. The number of Topliss-reactive ketones (excluding diaryl/α,β-unsaturated/α-hetero) is 1. The summed E-state index contributed by atoms with van der Waals surface area (Å²) in [6.45, 7) is 10.5. The zero-order valence-electron chi connectivity index (χ0n) is 10.9. The summed E-state index contributed by atoms with van der Waals surface area (Å²) in [5.74, 6) is 0.0369. The van der Waals surface area contributed by atoms with Crippen molar-refractivity contribution in [3.05, 3.63) is 47.0 Å². The van der Waals surface area contributed by atoms with Crippen molar-refractivity contribution in [2.75, 3.05) is 13.2 Å². The highest BCUT2D eigenvalue weighted by Gasteiger charge is 2.06. The molecule has 0 heterocycles. The standard InChI is InChI=1S/C15H20O2/c1-11(2)7-8-17-10-15(16)14-6-5-12(3)13(4)9-14/h5-6,9H,1,7-8,10H2,2-4H3. The van der Waals surface area contributed by atoms with Crippen LogP contribution in [0, 0.1) is 13.8 Å². The van der Waals surface area contributed by atoms with Gasteiger partial charge in [-0.2, -0.15) is 0 Å². The van der Waals surface area contributed by atoms with E-state index in [1.165, 1.54) is 5.56 Å². The van der Waals surface area contributed by atoms with E-state index in [1.54, 1.807) is 0 Å². The Labute approximate surface area is 103 Å². The largest absolute Gasteiger partial charge is 0.373 e. The Morgan fingerprint density at radius 3 is 2.59 bits per heavy atom. The Balaban J connectivity index is 2.47. The van der Waals surface area contributed by atoms with Gasteiger partial charge in [0.25, 0.3) is 0 Å². The van der Waals surface area contributed by atoms with Crippen molar-refractivity contribution < 1.29 is 9.53 Å². The lowest BCUT2D eigenvalue weighted by molar-refractivity contribution is 0.0765. The lowest BCUT2D eigenvalue weighted by Crippen LogP contribution is -2.10. The molecule has 2 nitrogen and oxygen atoms in total. The van der Waals surface area contributed by atoms with Crippen molar-refractivity contribution in [3.63, 3.8) is 0 Å². The molecule has 0 N–H and O–H groups in total. The van der Waals surface area contributed by atoms with E-state index >= 15 is 0 Å². The summed E-state index contributed by atoms with van der Waals surface area (Å²) in [6, 6.07) is 5.74. The molecular formula is C15H20O2. The van der Waals surface area contributed by atoms with E-state index in [9.17, 15) is 4.79 Å². The molecule has 0 spiro atoms. The van der Waals surface area contributed by atoms with Crippen molar-refractivity contribution in [1.29, 1.82) is 0 Å². The van der Waals surface area contributed by atoms with Crippen LogP contribution in [0.25, 0.3) is 0 Å². The fraction of sp³-hybridized carbons (Fsp3) is 0.400. The highest BCUT2D eigenvalue weighted by atomic mass is 16.5. The lowest BCUT2D eigenvalue weighted by Gasteiger charge is -2.06. The zero-order chi connectivity index (χ0) is 12.8. The predicted molar refractivity (Wildman–Crippen MR) is 70.5 cm³/mol. The van der Waals surface area contributed by atoms with Crippen molar-refractivity contribution in [1.82, 2.24) is 0 Å². The smallest absolute Gasteiger partial charge is 0.188 e. The summed E-state index contributed by atoms with van der Waals surface area (Å²) in [5.41, 5.74) is 4.13. The van der Waals surface area contributed by atoms with Crippen LogP contribution in [0.15, 0.2) is 30.4 Å². The zero-order valence-corrected chi connectivity index (χ0v) is 10.9. The van der Waals surface area contributed by atoms with Crippen LogP contribution in [0.3, 0.4) is 0 Å². The van der Waals surface area contributed by atoms with E-state index in [-0.39, 0.29) is 12.4 Å². The van der Waals surface area contributed by atoms with Crippen LogP contribution in [0.2, 0.25) is 0 Å². The fourth-order valence-electron chi connectivity index (χ4n) is 1.41. The molecule has 0 aliphatic heterocycles. The quantitative estimate of drug-likeness (QED) is 0.426. The first-order valence-corrected chi connectivity index (χ1v) is 5.83. The van der Waals surface area contributed by atoms with Gasteiger partial charge < -0.3 is 4.74 Å². The van der Waals surface area contributed by atoms with Gasteiger partial charge in [-0.1, -0.05) is 17.7 Å². The number of ketones is 1. The van der Waals surface area contributed by atoms with E-state index in [4.69, 9.17) is 4.74 Å². The minimum absolute atomic E-state index is 0.0369. The van der Waals surface area contributed by atoms with Gasteiger partial charge in [0.05, 0.1) is 6.61 Å². The maximum Gasteiger partial charge on any atom is 0.188 e. The summed E-state index contributed by atoms with van der Waals surface area (Å²) >= 11 is 0. The van der Waals surface area contributed by atoms with Gasteiger partial charge in [-0.25, -0.2) is 0 Å².